The lowest BCUT2D eigenvalue weighted by Crippen LogP contribution is -2.29. The first-order valence-electron chi connectivity index (χ1n) is 8.02. The third-order valence-corrected chi connectivity index (χ3v) is 4.56. The van der Waals surface area contributed by atoms with Crippen molar-refractivity contribution in [3.63, 3.8) is 0 Å². The first-order chi connectivity index (χ1) is 12.9. The molecule has 3 rings (SSSR count). The Balaban J connectivity index is 1.93. The molecule has 0 aliphatic heterocycles. The molecular weight excluding hydrogens is 444 g/mol. The molecule has 2 aromatic rings. The number of anilines is 1. The molecule has 12 heteroatoms. The number of carbonyl (C=O) groups excluding carboxylic acids is 1. The van der Waals surface area contributed by atoms with Crippen molar-refractivity contribution in [1.29, 1.82) is 0 Å². The number of pyridine rings is 1. The van der Waals surface area contributed by atoms with Gasteiger partial charge < -0.3 is 4.74 Å². The Morgan fingerprint density at radius 1 is 1.32 bits per heavy atom. The van der Waals surface area contributed by atoms with Crippen molar-refractivity contribution in [3.05, 3.63) is 35.8 Å². The molecule has 6 nitrogen and oxygen atoms in total. The van der Waals surface area contributed by atoms with Gasteiger partial charge in [0, 0.05) is 11.8 Å². The summed E-state index contributed by atoms with van der Waals surface area (Å²) in [7, 11) is 0. The Labute approximate surface area is 172 Å². The van der Waals surface area contributed by atoms with Crippen LogP contribution in [0.25, 0.3) is 5.69 Å². The second kappa shape index (κ2) is 7.27. The first kappa shape index (κ1) is 21.0. The Bertz CT molecular complexity index is 875. The Hall–Kier alpha value is -1.71. The molecule has 0 saturated heterocycles. The van der Waals surface area contributed by atoms with Gasteiger partial charge in [0.25, 0.3) is 0 Å². The van der Waals surface area contributed by atoms with Crippen LogP contribution in [0.3, 0.4) is 0 Å². The van der Waals surface area contributed by atoms with E-state index < -0.39 is 28.1 Å². The summed E-state index contributed by atoms with van der Waals surface area (Å²) in [5.74, 6) is -0.0227. The summed E-state index contributed by atoms with van der Waals surface area (Å²) in [6, 6.07) is 4.44. The van der Waals surface area contributed by atoms with Gasteiger partial charge in [0.15, 0.2) is 0 Å². The number of carbonyl (C=O) groups is 1. The lowest BCUT2D eigenvalue weighted by Gasteiger charge is -2.16. The van der Waals surface area contributed by atoms with Crippen molar-refractivity contribution in [2.24, 2.45) is 0 Å². The van der Waals surface area contributed by atoms with Crippen LogP contribution in [-0.2, 0) is 10.2 Å². The van der Waals surface area contributed by atoms with Crippen LogP contribution in [0.1, 0.15) is 24.2 Å². The average molecular weight is 458 g/mol. The van der Waals surface area contributed by atoms with Gasteiger partial charge in [-0.3, -0.25) is 10.3 Å². The van der Waals surface area contributed by atoms with Gasteiger partial charge in [0.2, 0.25) is 3.79 Å². The van der Waals surface area contributed by atoms with Crippen molar-refractivity contribution in [3.8, 4) is 5.69 Å². The second-order valence-electron chi connectivity index (χ2n) is 6.38. The van der Waals surface area contributed by atoms with Gasteiger partial charge in [-0.05, 0) is 31.9 Å². The molecule has 2 heterocycles. The fourth-order valence-electron chi connectivity index (χ4n) is 2.58. The number of rotatable bonds is 4. The lowest BCUT2D eigenvalue weighted by atomic mass is 10.0. The van der Waals surface area contributed by atoms with Crippen LogP contribution < -0.4 is 5.32 Å². The molecule has 0 bridgehead atoms. The topological polar surface area (TPSA) is 69.0 Å². The number of aromatic nitrogens is 3. The minimum Gasteiger partial charge on any atom is -0.445 e. The van der Waals surface area contributed by atoms with Crippen LogP contribution in [0.5, 0.6) is 0 Å². The van der Waals surface area contributed by atoms with Gasteiger partial charge in [-0.15, -0.1) is 0 Å². The van der Waals surface area contributed by atoms with E-state index in [4.69, 9.17) is 39.5 Å². The van der Waals surface area contributed by atoms with Crippen molar-refractivity contribution < 1.29 is 22.7 Å². The van der Waals surface area contributed by atoms with Crippen molar-refractivity contribution in [2.75, 3.05) is 11.9 Å². The standard InChI is InChI=1S/C16H14Cl3F3N4O2/c1-9-2-3-10(7-23-9)26-12(24-13(27)28-8-15(17,18)19)6-11(25-26)14(4-5-14)16(20,21)22/h2-3,6-7H,4-5,8H2,1H3,(H,24,27). The highest BCUT2D eigenvalue weighted by Crippen LogP contribution is 2.58. The van der Waals surface area contributed by atoms with Gasteiger partial charge >= 0.3 is 12.3 Å². The molecule has 0 spiro atoms. The molecule has 28 heavy (non-hydrogen) atoms. The molecule has 152 valence electrons. The van der Waals surface area contributed by atoms with E-state index in [2.05, 4.69) is 15.4 Å². The summed E-state index contributed by atoms with van der Waals surface area (Å²) in [5.41, 5.74) is -1.14. The van der Waals surface area contributed by atoms with Crippen molar-refractivity contribution in [1.82, 2.24) is 14.8 Å². The fourth-order valence-corrected chi connectivity index (χ4v) is 2.75. The highest BCUT2D eigenvalue weighted by molar-refractivity contribution is 6.67. The summed E-state index contributed by atoms with van der Waals surface area (Å²) in [6.07, 6.45) is -4.17. The number of aryl methyl sites for hydroxylation is 1. The molecule has 0 radical (unpaired) electrons. The van der Waals surface area contributed by atoms with Crippen LogP contribution in [0.2, 0.25) is 0 Å². The number of alkyl halides is 6. The zero-order chi connectivity index (χ0) is 20.7. The number of halogens is 6. The number of hydrogen-bond acceptors (Lipinski definition) is 4. The second-order valence-corrected chi connectivity index (χ2v) is 8.90. The number of nitrogens with one attached hydrogen (secondary N) is 1. The summed E-state index contributed by atoms with van der Waals surface area (Å²) in [4.78, 5) is 16.1. The third kappa shape index (κ3) is 4.47. The van der Waals surface area contributed by atoms with E-state index >= 15 is 0 Å². The molecule has 0 unspecified atom stereocenters. The van der Waals surface area contributed by atoms with Gasteiger partial charge in [0.05, 0.1) is 17.6 Å². The molecule has 0 aromatic carbocycles. The summed E-state index contributed by atoms with van der Waals surface area (Å²) in [6.45, 7) is 1.22. The molecule has 1 saturated carbocycles. The lowest BCUT2D eigenvalue weighted by molar-refractivity contribution is -0.161. The van der Waals surface area contributed by atoms with Crippen LogP contribution in [0, 0.1) is 6.92 Å². The van der Waals surface area contributed by atoms with Gasteiger partial charge in [-0.2, -0.15) is 18.3 Å². The van der Waals surface area contributed by atoms with E-state index in [0.29, 0.717) is 11.4 Å². The highest BCUT2D eigenvalue weighted by atomic mass is 35.6. The zero-order valence-corrected chi connectivity index (χ0v) is 16.6. The van der Waals surface area contributed by atoms with Gasteiger partial charge in [-0.1, -0.05) is 34.8 Å². The number of ether oxygens (including phenoxy) is 1. The van der Waals surface area contributed by atoms with E-state index in [1.165, 1.54) is 6.20 Å². The van der Waals surface area contributed by atoms with Gasteiger partial charge in [0.1, 0.15) is 17.8 Å². The Morgan fingerprint density at radius 2 is 2.00 bits per heavy atom. The molecule has 0 atom stereocenters. The van der Waals surface area contributed by atoms with Crippen molar-refractivity contribution in [2.45, 2.75) is 35.1 Å². The van der Waals surface area contributed by atoms with Gasteiger partial charge in [-0.25, -0.2) is 9.48 Å². The summed E-state index contributed by atoms with van der Waals surface area (Å²) in [5, 5.41) is 6.42. The van der Waals surface area contributed by atoms with Crippen LogP contribution in [0.4, 0.5) is 23.8 Å². The maximum atomic E-state index is 13.5. The molecule has 1 aliphatic carbocycles. The summed E-state index contributed by atoms with van der Waals surface area (Å²) >= 11 is 16.6. The fraction of sp³-hybridized carbons (Fsp3) is 0.438. The number of nitrogens with zero attached hydrogens (tertiary/aromatic N) is 3. The monoisotopic (exact) mass is 456 g/mol. The smallest absolute Gasteiger partial charge is 0.412 e. The van der Waals surface area contributed by atoms with E-state index in [1.807, 2.05) is 0 Å². The third-order valence-electron chi connectivity index (χ3n) is 4.23. The molecular formula is C16H14Cl3F3N4O2. The highest BCUT2D eigenvalue weighted by Gasteiger charge is 2.65. The minimum atomic E-state index is -4.45. The number of hydrogen-bond donors (Lipinski definition) is 1. The van der Waals surface area contributed by atoms with E-state index in [1.54, 1.807) is 19.1 Å². The van der Waals surface area contributed by atoms with E-state index in [0.717, 1.165) is 10.7 Å². The first-order valence-corrected chi connectivity index (χ1v) is 9.15. The summed E-state index contributed by atoms with van der Waals surface area (Å²) < 4.78 is 44.5. The van der Waals surface area contributed by atoms with Crippen LogP contribution >= 0.6 is 34.8 Å². The van der Waals surface area contributed by atoms with Crippen LogP contribution in [0.15, 0.2) is 24.4 Å². The quantitative estimate of drug-likeness (QED) is 0.650. The zero-order valence-electron chi connectivity index (χ0n) is 14.4. The maximum absolute atomic E-state index is 13.5. The Morgan fingerprint density at radius 3 is 2.50 bits per heavy atom. The van der Waals surface area contributed by atoms with Crippen LogP contribution in [-0.4, -0.2) is 37.4 Å². The molecule has 1 amide bonds. The molecule has 1 aliphatic rings. The molecule has 2 aromatic heterocycles. The largest absolute Gasteiger partial charge is 0.445 e. The normalized spacial score (nSPS) is 16.0. The Kier molecular flexibility index (Phi) is 5.46. The molecule has 1 fully saturated rings. The predicted octanol–water partition coefficient (Wildman–Crippen LogP) is 5.09. The van der Waals surface area contributed by atoms with Crippen molar-refractivity contribution >= 4 is 46.7 Å². The minimum absolute atomic E-state index is 0.0227. The molecule has 1 N–H and O–H groups in total. The van der Waals surface area contributed by atoms with E-state index in [-0.39, 0.29) is 24.4 Å². The average Bonchev–Trinajstić information content (AvgIpc) is 3.30. The van der Waals surface area contributed by atoms with E-state index in [9.17, 15) is 18.0 Å². The maximum Gasteiger partial charge on any atom is 0.412 e. The number of amides is 1. The SMILES string of the molecule is Cc1ccc(-n2nc(C3(C(F)(F)F)CC3)cc2NC(=O)OCC(Cl)(Cl)Cl)cn1. The predicted molar refractivity (Wildman–Crippen MR) is 98.3 cm³/mol.